The largest absolute Gasteiger partial charge is 0.326 e. The first kappa shape index (κ1) is 22.0. The molecule has 6 nitrogen and oxygen atoms in total. The molecule has 1 aliphatic heterocycles. The van der Waals surface area contributed by atoms with Crippen LogP contribution in [-0.4, -0.2) is 33.6 Å². The maximum atomic E-state index is 13.4. The van der Waals surface area contributed by atoms with Gasteiger partial charge in [-0.05, 0) is 97.6 Å². The molecule has 4 fully saturated rings. The summed E-state index contributed by atoms with van der Waals surface area (Å²) >= 11 is 0. The molecule has 3 saturated carbocycles. The average Bonchev–Trinajstić information content (AvgIpc) is 3.69. The number of allylic oxidation sites excluding steroid dienone is 2. The Hall–Kier alpha value is -3.28. The van der Waals surface area contributed by atoms with Crippen molar-refractivity contribution in [3.63, 3.8) is 0 Å². The summed E-state index contributed by atoms with van der Waals surface area (Å²) < 4.78 is 0. The molecular weight excluding hydrogens is 450 g/mol. The normalized spacial score (nSPS) is 35.9. The summed E-state index contributed by atoms with van der Waals surface area (Å²) in [6.07, 6.45) is 12.9. The second kappa shape index (κ2) is 8.39. The molecule has 6 aliphatic rings. The van der Waals surface area contributed by atoms with Gasteiger partial charge in [0.15, 0.2) is 0 Å². The van der Waals surface area contributed by atoms with Crippen LogP contribution in [0.25, 0.3) is 0 Å². The average molecular weight is 482 g/mol. The van der Waals surface area contributed by atoms with Crippen LogP contribution in [0.3, 0.4) is 0 Å². The van der Waals surface area contributed by atoms with E-state index in [0.29, 0.717) is 24.7 Å². The van der Waals surface area contributed by atoms with Crippen LogP contribution in [0.15, 0.2) is 60.9 Å². The van der Waals surface area contributed by atoms with Gasteiger partial charge in [-0.15, -0.1) is 0 Å². The number of rotatable bonds is 5. The van der Waals surface area contributed by atoms with Crippen molar-refractivity contribution in [2.75, 3.05) is 5.32 Å². The first-order chi connectivity index (χ1) is 17.6. The molecule has 2 aromatic rings. The number of hydrogen-bond acceptors (Lipinski definition) is 4. The molecule has 2 bridgehead atoms. The number of pyridine rings is 1. The monoisotopic (exact) mass is 481 g/mol. The van der Waals surface area contributed by atoms with Gasteiger partial charge in [-0.1, -0.05) is 24.3 Å². The number of likely N-dealkylation sites (tertiary alicyclic amines) is 1. The Morgan fingerprint density at radius 3 is 2.03 bits per heavy atom. The maximum absolute atomic E-state index is 13.4. The van der Waals surface area contributed by atoms with E-state index in [-0.39, 0.29) is 53.4 Å². The van der Waals surface area contributed by atoms with E-state index in [9.17, 15) is 14.4 Å². The molecule has 36 heavy (non-hydrogen) atoms. The summed E-state index contributed by atoms with van der Waals surface area (Å²) in [6.45, 7) is 0. The Balaban J connectivity index is 0.950. The van der Waals surface area contributed by atoms with E-state index in [2.05, 4.69) is 22.5 Å². The van der Waals surface area contributed by atoms with Crippen LogP contribution >= 0.6 is 0 Å². The fourth-order valence-electron chi connectivity index (χ4n) is 7.62. The number of carbonyl (C=O) groups is 3. The highest BCUT2D eigenvalue weighted by molar-refractivity contribution is 6.06. The molecule has 5 aliphatic carbocycles. The van der Waals surface area contributed by atoms with Crippen LogP contribution in [-0.2, 0) is 20.8 Å². The van der Waals surface area contributed by atoms with Crippen molar-refractivity contribution >= 4 is 23.4 Å². The molecule has 0 radical (unpaired) electrons. The van der Waals surface area contributed by atoms with Gasteiger partial charge in [0.1, 0.15) is 0 Å². The van der Waals surface area contributed by atoms with Crippen LogP contribution in [0.1, 0.15) is 43.2 Å². The van der Waals surface area contributed by atoms with Gasteiger partial charge >= 0.3 is 0 Å². The Kier molecular flexibility index (Phi) is 5.12. The fourth-order valence-corrected chi connectivity index (χ4v) is 7.62. The molecule has 0 spiro atoms. The van der Waals surface area contributed by atoms with Crippen LogP contribution in [0, 0.1) is 41.4 Å². The van der Waals surface area contributed by atoms with E-state index in [0.717, 1.165) is 24.9 Å². The predicted molar refractivity (Wildman–Crippen MR) is 134 cm³/mol. The highest BCUT2D eigenvalue weighted by atomic mass is 16.2. The van der Waals surface area contributed by atoms with Crippen LogP contribution in [0.2, 0.25) is 0 Å². The summed E-state index contributed by atoms with van der Waals surface area (Å²) in [5, 5.41) is 3.07. The van der Waals surface area contributed by atoms with Crippen molar-refractivity contribution in [3.05, 3.63) is 72.1 Å². The van der Waals surface area contributed by atoms with E-state index in [1.807, 2.05) is 36.4 Å². The number of nitrogens with one attached hydrogen (secondary N) is 1. The zero-order valence-corrected chi connectivity index (χ0v) is 20.3. The summed E-state index contributed by atoms with van der Waals surface area (Å²) in [5.41, 5.74) is 3.19. The van der Waals surface area contributed by atoms with Crippen molar-refractivity contribution in [3.8, 4) is 0 Å². The lowest BCUT2D eigenvalue weighted by atomic mass is 9.63. The molecule has 6 atom stereocenters. The number of aromatic nitrogens is 1. The van der Waals surface area contributed by atoms with Crippen LogP contribution < -0.4 is 5.32 Å². The minimum atomic E-state index is -0.126. The highest BCUT2D eigenvalue weighted by Crippen LogP contribution is 2.65. The quantitative estimate of drug-likeness (QED) is 0.512. The Bertz CT molecular complexity index is 1200. The molecule has 6 heteroatoms. The third kappa shape index (κ3) is 3.53. The van der Waals surface area contributed by atoms with Crippen molar-refractivity contribution in [1.29, 1.82) is 0 Å². The van der Waals surface area contributed by atoms with E-state index in [1.165, 1.54) is 17.5 Å². The van der Waals surface area contributed by atoms with E-state index >= 15 is 0 Å². The Labute approximate surface area is 211 Å². The SMILES string of the molecule is O=C(Nc1ccc(Cc2ccncc2)cc1)C1CCC(N2C(=O)[C@@H]3[C@@H]4C=C[C@H]([C@H]5C[C@@H]45)[C@@H]3C2=O)CC1. The standard InChI is InChI=1S/C30H31N3O3/c34-28(32-20-5-1-17(2-6-20)15-18-11-13-31-14-12-18)19-3-7-21(8-4-19)33-29(35)26-22-9-10-23(25-16-24(22)25)27(26)30(33)36/h1-2,5-6,9-14,19,21-27H,3-4,7-8,15-16H2,(H,32,34)/t19?,21?,22-,23-,24-,25+,26+,27-/m1/s1. The van der Waals surface area contributed by atoms with E-state index in [4.69, 9.17) is 0 Å². The topological polar surface area (TPSA) is 79.4 Å². The van der Waals surface area contributed by atoms with Gasteiger partial charge in [0, 0.05) is 30.0 Å². The summed E-state index contributed by atoms with van der Waals surface area (Å²) in [5.74, 6) is 1.61. The first-order valence-corrected chi connectivity index (χ1v) is 13.4. The number of imide groups is 1. The summed E-state index contributed by atoms with van der Waals surface area (Å²) in [7, 11) is 0. The van der Waals surface area contributed by atoms with Gasteiger partial charge in [-0.2, -0.15) is 0 Å². The van der Waals surface area contributed by atoms with Gasteiger partial charge in [0.05, 0.1) is 11.8 Å². The highest BCUT2D eigenvalue weighted by Gasteiger charge is 2.67. The molecule has 3 amide bonds. The molecule has 8 rings (SSSR count). The van der Waals surface area contributed by atoms with Crippen molar-refractivity contribution in [2.45, 2.75) is 44.6 Å². The zero-order valence-electron chi connectivity index (χ0n) is 20.3. The second-order valence-corrected chi connectivity index (χ2v) is 11.4. The van der Waals surface area contributed by atoms with Crippen LogP contribution in [0.4, 0.5) is 5.69 Å². The van der Waals surface area contributed by atoms with E-state index < -0.39 is 0 Å². The molecule has 184 valence electrons. The summed E-state index contributed by atoms with van der Waals surface area (Å²) in [6, 6.07) is 12.0. The first-order valence-electron chi connectivity index (χ1n) is 13.4. The Morgan fingerprint density at radius 2 is 1.42 bits per heavy atom. The number of hydrogen-bond donors (Lipinski definition) is 1. The molecule has 1 N–H and O–H groups in total. The number of anilines is 1. The molecular formula is C30H31N3O3. The lowest BCUT2D eigenvalue weighted by molar-refractivity contribution is -0.144. The van der Waals surface area contributed by atoms with Gasteiger partial charge in [0.2, 0.25) is 17.7 Å². The Morgan fingerprint density at radius 1 is 0.833 bits per heavy atom. The lowest BCUT2D eigenvalue weighted by Crippen LogP contribution is -2.44. The number of benzene rings is 1. The molecule has 1 aromatic heterocycles. The third-order valence-electron chi connectivity index (χ3n) is 9.51. The molecule has 1 saturated heterocycles. The predicted octanol–water partition coefficient (Wildman–Crippen LogP) is 4.22. The van der Waals surface area contributed by atoms with Gasteiger partial charge in [-0.25, -0.2) is 0 Å². The minimum absolute atomic E-state index is 0.0328. The molecule has 0 unspecified atom stereocenters. The number of amides is 3. The zero-order chi connectivity index (χ0) is 24.4. The van der Waals surface area contributed by atoms with E-state index in [1.54, 1.807) is 17.3 Å². The number of nitrogens with zero attached hydrogens (tertiary/aromatic N) is 2. The van der Waals surface area contributed by atoms with Crippen molar-refractivity contribution < 1.29 is 14.4 Å². The van der Waals surface area contributed by atoms with Crippen molar-refractivity contribution in [2.24, 2.45) is 41.4 Å². The molecule has 2 heterocycles. The van der Waals surface area contributed by atoms with Gasteiger partial charge in [-0.3, -0.25) is 24.3 Å². The minimum Gasteiger partial charge on any atom is -0.326 e. The lowest BCUT2D eigenvalue weighted by Gasteiger charge is -2.37. The number of carbonyl (C=O) groups excluding carboxylic acids is 3. The van der Waals surface area contributed by atoms with Crippen LogP contribution in [0.5, 0.6) is 0 Å². The maximum Gasteiger partial charge on any atom is 0.233 e. The van der Waals surface area contributed by atoms with Gasteiger partial charge < -0.3 is 5.32 Å². The second-order valence-electron chi connectivity index (χ2n) is 11.4. The van der Waals surface area contributed by atoms with Crippen molar-refractivity contribution in [1.82, 2.24) is 9.88 Å². The smallest absolute Gasteiger partial charge is 0.233 e. The molecule has 1 aromatic carbocycles. The van der Waals surface area contributed by atoms with Gasteiger partial charge in [0.25, 0.3) is 0 Å². The fraction of sp³-hybridized carbons (Fsp3) is 0.467. The third-order valence-corrected chi connectivity index (χ3v) is 9.51. The summed E-state index contributed by atoms with van der Waals surface area (Å²) in [4.78, 5) is 45.4.